The van der Waals surface area contributed by atoms with E-state index in [0.29, 0.717) is 0 Å². The van der Waals surface area contributed by atoms with Gasteiger partial charge in [0, 0.05) is 24.9 Å². The van der Waals surface area contributed by atoms with E-state index in [-0.39, 0.29) is 0 Å². The maximum Gasteiger partial charge on any atom is 0.459 e. The van der Waals surface area contributed by atoms with Crippen LogP contribution in [0.5, 0.6) is 0 Å². The van der Waals surface area contributed by atoms with Crippen LogP contribution in [0.4, 0.5) is 71.1 Å². The summed E-state index contributed by atoms with van der Waals surface area (Å²) in [4.78, 5) is 21.9. The fourth-order valence-corrected chi connectivity index (χ4v) is 6.41. The van der Waals surface area contributed by atoms with Crippen molar-refractivity contribution < 1.29 is 81.3 Å². The van der Waals surface area contributed by atoms with E-state index in [4.69, 9.17) is 10.2 Å². The van der Waals surface area contributed by atoms with Gasteiger partial charge in [0.1, 0.15) is 0 Å². The molecule has 2 fully saturated rings. The minimum absolute atomic E-state index is 0.420. The van der Waals surface area contributed by atoms with E-state index in [1.807, 2.05) is 10.6 Å². The van der Waals surface area contributed by atoms with Gasteiger partial charge in [-0.1, -0.05) is 0 Å². The number of halogens is 14. The summed E-state index contributed by atoms with van der Waals surface area (Å²) in [5.74, 6) is -30.1. The second-order valence-corrected chi connectivity index (χ2v) is 11.1. The predicted octanol–water partition coefficient (Wildman–Crippen LogP) is 8.07. The highest BCUT2D eigenvalue weighted by Gasteiger charge is 2.78. The highest BCUT2D eigenvalue weighted by molar-refractivity contribution is 5.65. The third kappa shape index (κ3) is 7.62. The zero-order chi connectivity index (χ0) is 33.4. The summed E-state index contributed by atoms with van der Waals surface area (Å²) in [5.41, 5.74) is -3.40. The molecule has 2 amide bonds. The number of hydrogen-bond acceptors (Lipinski definition) is 2. The number of rotatable bonds is 10. The first kappa shape index (κ1) is 36.8. The lowest BCUT2D eigenvalue weighted by Gasteiger charge is -2.54. The van der Waals surface area contributed by atoms with Crippen molar-refractivity contribution in [3.05, 3.63) is 0 Å². The standard InChI is InChI=1S/C23H28F14N2O4/c24-18(25,20(28,29)22(32,33)34)9-17(10-19(26,27)21(30,31)23(35,36)37,11-1-5-13(6-2-11)38-15(40)41)12-3-7-14(8-4-12)39-16(42)43/h11-14,38-39H,1-10H2,(H,40,41)(H,42,43). The van der Waals surface area contributed by atoms with Crippen LogP contribution in [-0.4, -0.2) is 70.5 Å². The van der Waals surface area contributed by atoms with Crippen LogP contribution in [-0.2, 0) is 0 Å². The van der Waals surface area contributed by atoms with Crippen LogP contribution in [0.3, 0.4) is 0 Å². The molecule has 0 saturated heterocycles. The Morgan fingerprint density at radius 3 is 0.977 bits per heavy atom. The van der Waals surface area contributed by atoms with Crippen LogP contribution in [0.2, 0.25) is 0 Å². The Bertz CT molecular complexity index is 907. The quantitative estimate of drug-likeness (QED) is 0.178. The minimum atomic E-state index is -6.98. The van der Waals surface area contributed by atoms with E-state index in [2.05, 4.69) is 0 Å². The molecule has 4 N–H and O–H groups in total. The molecule has 0 aromatic heterocycles. The van der Waals surface area contributed by atoms with Gasteiger partial charge in [0.25, 0.3) is 0 Å². The Morgan fingerprint density at radius 1 is 0.512 bits per heavy atom. The van der Waals surface area contributed by atoms with Crippen LogP contribution in [0.1, 0.15) is 64.2 Å². The van der Waals surface area contributed by atoms with Crippen LogP contribution in [0.15, 0.2) is 0 Å². The van der Waals surface area contributed by atoms with Crippen molar-refractivity contribution in [1.82, 2.24) is 10.6 Å². The molecular weight excluding hydrogens is 634 g/mol. The maximum absolute atomic E-state index is 15.0. The summed E-state index contributed by atoms with van der Waals surface area (Å²) < 4.78 is 195. The number of alkyl halides is 14. The Labute approximate surface area is 234 Å². The predicted molar refractivity (Wildman–Crippen MR) is 117 cm³/mol. The van der Waals surface area contributed by atoms with E-state index in [9.17, 15) is 53.5 Å². The molecule has 0 radical (unpaired) electrons. The van der Waals surface area contributed by atoms with Gasteiger partial charge >= 0.3 is 48.2 Å². The second kappa shape index (κ2) is 12.2. The Hall–Kier alpha value is -2.44. The van der Waals surface area contributed by atoms with Crippen LogP contribution < -0.4 is 10.6 Å². The van der Waals surface area contributed by atoms with Gasteiger partial charge in [-0.3, -0.25) is 0 Å². The lowest BCUT2D eigenvalue weighted by Crippen LogP contribution is -2.60. The second-order valence-electron chi connectivity index (χ2n) is 11.1. The minimum Gasteiger partial charge on any atom is -0.465 e. The molecule has 2 rings (SSSR count). The zero-order valence-electron chi connectivity index (χ0n) is 21.9. The first-order chi connectivity index (χ1) is 19.2. The molecule has 0 unspecified atom stereocenters. The van der Waals surface area contributed by atoms with Crippen LogP contribution >= 0.6 is 0 Å². The van der Waals surface area contributed by atoms with E-state index < -0.39 is 142 Å². The van der Waals surface area contributed by atoms with E-state index in [0.717, 1.165) is 0 Å². The van der Waals surface area contributed by atoms with Gasteiger partial charge in [0.2, 0.25) is 0 Å². The van der Waals surface area contributed by atoms with Crippen molar-refractivity contribution in [1.29, 1.82) is 0 Å². The zero-order valence-corrected chi connectivity index (χ0v) is 21.9. The Kier molecular flexibility index (Phi) is 10.4. The van der Waals surface area contributed by atoms with Gasteiger partial charge < -0.3 is 20.8 Å². The molecule has 252 valence electrons. The number of carbonyl (C=O) groups is 2. The van der Waals surface area contributed by atoms with Crippen molar-refractivity contribution in [2.75, 3.05) is 0 Å². The normalized spacial score (nSPS) is 25.3. The number of hydrogen-bond donors (Lipinski definition) is 4. The first-order valence-electron chi connectivity index (χ1n) is 12.8. The van der Waals surface area contributed by atoms with Crippen molar-refractivity contribution in [2.24, 2.45) is 17.3 Å². The van der Waals surface area contributed by atoms with Gasteiger partial charge in [-0.15, -0.1) is 0 Å². The Morgan fingerprint density at radius 2 is 0.767 bits per heavy atom. The molecule has 0 aliphatic heterocycles. The van der Waals surface area contributed by atoms with Crippen molar-refractivity contribution in [2.45, 2.75) is 112 Å². The molecule has 0 heterocycles. The van der Waals surface area contributed by atoms with Crippen LogP contribution in [0.25, 0.3) is 0 Å². The summed E-state index contributed by atoms with van der Waals surface area (Å²) in [7, 11) is 0. The van der Waals surface area contributed by atoms with Crippen molar-refractivity contribution in [3.8, 4) is 0 Å². The van der Waals surface area contributed by atoms with Gasteiger partial charge in [0.05, 0.1) is 0 Å². The molecule has 0 spiro atoms. The largest absolute Gasteiger partial charge is 0.465 e. The van der Waals surface area contributed by atoms with Gasteiger partial charge in [-0.2, -0.15) is 61.5 Å². The molecule has 43 heavy (non-hydrogen) atoms. The SMILES string of the molecule is O=C(O)NC1CCC(C(CC(F)(F)C(F)(F)C(F)(F)F)(CC(F)(F)C(F)(F)C(F)(F)F)C2CCC(NC(=O)O)CC2)CC1. The third-order valence-electron chi connectivity index (χ3n) is 8.47. The lowest BCUT2D eigenvalue weighted by molar-refractivity contribution is -0.374. The lowest BCUT2D eigenvalue weighted by atomic mass is 9.53. The molecule has 6 nitrogen and oxygen atoms in total. The van der Waals surface area contributed by atoms with Crippen LogP contribution in [0, 0.1) is 17.3 Å². The maximum atomic E-state index is 15.0. The molecule has 2 aliphatic rings. The van der Waals surface area contributed by atoms with E-state index in [1.54, 1.807) is 0 Å². The van der Waals surface area contributed by atoms with Crippen molar-refractivity contribution >= 4 is 12.2 Å². The molecule has 2 aliphatic carbocycles. The smallest absolute Gasteiger partial charge is 0.459 e. The van der Waals surface area contributed by atoms with Gasteiger partial charge in [0.15, 0.2) is 0 Å². The van der Waals surface area contributed by atoms with Gasteiger partial charge in [-0.25, -0.2) is 9.59 Å². The fourth-order valence-electron chi connectivity index (χ4n) is 6.41. The summed E-state index contributed by atoms with van der Waals surface area (Å²) >= 11 is 0. The molecule has 0 atom stereocenters. The average molecular weight is 662 g/mol. The van der Waals surface area contributed by atoms with Crippen molar-refractivity contribution in [3.63, 3.8) is 0 Å². The monoisotopic (exact) mass is 662 g/mol. The summed E-state index contributed by atoms with van der Waals surface area (Å²) in [6.07, 6.45) is -27.3. The molecule has 0 bridgehead atoms. The highest BCUT2D eigenvalue weighted by Crippen LogP contribution is 2.63. The summed E-state index contributed by atoms with van der Waals surface area (Å²) in [5, 5.41) is 21.7. The highest BCUT2D eigenvalue weighted by atomic mass is 19.4. The summed E-state index contributed by atoms with van der Waals surface area (Å²) in [6, 6.07) is -2.01. The molecule has 0 aromatic rings. The molecular formula is C23H28F14N2O4. The topological polar surface area (TPSA) is 98.7 Å². The average Bonchev–Trinajstić information content (AvgIpc) is 2.81. The van der Waals surface area contributed by atoms with E-state index in [1.165, 1.54) is 0 Å². The number of carboxylic acid groups (broad SMARTS) is 2. The third-order valence-corrected chi connectivity index (χ3v) is 8.47. The number of amides is 2. The first-order valence-corrected chi connectivity index (χ1v) is 12.8. The van der Waals surface area contributed by atoms with Gasteiger partial charge in [-0.05, 0) is 68.6 Å². The molecule has 0 aromatic carbocycles. The molecule has 2 saturated carbocycles. The number of nitrogens with one attached hydrogen (secondary N) is 2. The van der Waals surface area contributed by atoms with E-state index >= 15 is 17.6 Å². The Balaban J connectivity index is 2.73. The summed E-state index contributed by atoms with van der Waals surface area (Å²) in [6.45, 7) is 0. The molecule has 20 heteroatoms. The fraction of sp³-hybridized carbons (Fsp3) is 0.913.